The van der Waals surface area contributed by atoms with E-state index < -0.39 is 114 Å². The Bertz CT molecular complexity index is 2710. The van der Waals surface area contributed by atoms with Crippen LogP contribution in [0.25, 0.3) is 0 Å². The van der Waals surface area contributed by atoms with Gasteiger partial charge in [0.25, 0.3) is 0 Å². The predicted molar refractivity (Wildman–Crippen MR) is 282 cm³/mol. The van der Waals surface area contributed by atoms with Gasteiger partial charge >= 0.3 is 0 Å². The Kier molecular flexibility index (Phi) is 23.0. The summed E-state index contributed by atoms with van der Waals surface area (Å²) < 4.78 is 0. The lowest BCUT2D eigenvalue weighted by Crippen LogP contribution is -2.58. The summed E-state index contributed by atoms with van der Waals surface area (Å²) in [5, 5.41) is 28.6. The number of halogens is 1. The molecule has 25 nitrogen and oxygen atoms in total. The van der Waals surface area contributed by atoms with Gasteiger partial charge in [0.05, 0.1) is 19.6 Å². The van der Waals surface area contributed by atoms with Gasteiger partial charge < -0.3 is 64.2 Å². The first-order valence-electron chi connectivity index (χ1n) is 24.8. The summed E-state index contributed by atoms with van der Waals surface area (Å²) in [5.41, 5.74) is 7.58. The molecular formula is C51H64ClN15O10. The standard InChI is InChI=1S/C51H64ClN15O10/c1-29-43(72)61-35(21-13-14-22-54-50-65-49(52)66-51(67-50)57-28-41(70)60-29)48(77)64-38(25-34-19-11-6-12-20-34)47(76)56-27-40(69)59-31(3)45(74)63-37(24-33-17-9-5-10-18-33)46(75)55-26-39(68)58-30(2)44(73)62-36(42(53)71)23-32-15-7-4-8-16-32/h4-12,15-20,29-31,35-38H,13-14,21-28H2,1-3H3,(H2,53,71)(H,55,75)(H,56,76)(H,58,68)(H,59,69)(H,60,70)(H,61,72)(H,62,73)(H,63,74)(H,64,77)(H2,54,57,65,66,67)/t29-,30-,31-,35-,36-,37-,38-/m0/s1. The second-order valence-electron chi connectivity index (χ2n) is 18.0. The lowest BCUT2D eigenvalue weighted by molar-refractivity contribution is -0.134. The Hall–Kier alpha value is -8.74. The van der Waals surface area contributed by atoms with Crippen LogP contribution in [0, 0.1) is 0 Å². The molecule has 0 saturated heterocycles. The third-order valence-electron chi connectivity index (χ3n) is 11.8. The number of anilines is 2. The molecule has 0 unspecified atom stereocenters. The van der Waals surface area contributed by atoms with Crippen molar-refractivity contribution in [2.75, 3.05) is 36.8 Å². The van der Waals surface area contributed by atoms with Crippen LogP contribution in [-0.4, -0.2) is 142 Å². The van der Waals surface area contributed by atoms with Crippen molar-refractivity contribution in [3.63, 3.8) is 0 Å². The van der Waals surface area contributed by atoms with Crippen molar-refractivity contribution >= 4 is 82.6 Å². The first-order valence-corrected chi connectivity index (χ1v) is 25.2. The molecule has 0 saturated carbocycles. The Morgan fingerprint density at radius 3 is 1.55 bits per heavy atom. The Labute approximate surface area is 449 Å². The number of primary amides is 1. The average molecular weight is 1080 g/mol. The van der Waals surface area contributed by atoms with Gasteiger partial charge in [-0.3, -0.25) is 47.9 Å². The molecule has 1 aliphatic rings. The summed E-state index contributed by atoms with van der Waals surface area (Å²) in [4.78, 5) is 144. The number of fused-ring (bicyclic) bond motifs is 2. The molecule has 0 fully saturated rings. The molecule has 10 amide bonds. The molecular weight excluding hydrogens is 1020 g/mol. The van der Waals surface area contributed by atoms with Gasteiger partial charge in [-0.15, -0.1) is 0 Å². The van der Waals surface area contributed by atoms with Crippen LogP contribution in [0.1, 0.15) is 56.7 Å². The van der Waals surface area contributed by atoms with E-state index in [1.807, 2.05) is 0 Å². The Morgan fingerprint density at radius 2 is 1.05 bits per heavy atom. The summed E-state index contributed by atoms with van der Waals surface area (Å²) >= 11 is 6.04. The molecule has 26 heteroatoms. The van der Waals surface area contributed by atoms with Crippen molar-refractivity contribution in [3.05, 3.63) is 113 Å². The highest BCUT2D eigenvalue weighted by Gasteiger charge is 2.31. The van der Waals surface area contributed by atoms with Crippen molar-refractivity contribution in [2.45, 2.75) is 102 Å². The molecule has 1 aromatic heterocycles. The van der Waals surface area contributed by atoms with Gasteiger partial charge in [-0.1, -0.05) is 91.0 Å². The van der Waals surface area contributed by atoms with Crippen LogP contribution in [0.15, 0.2) is 91.0 Å². The lowest BCUT2D eigenvalue weighted by atomic mass is 10.0. The number of nitrogens with zero attached hydrogens (tertiary/aromatic N) is 3. The van der Waals surface area contributed by atoms with Crippen LogP contribution in [0.3, 0.4) is 0 Å². The fourth-order valence-electron chi connectivity index (χ4n) is 7.62. The van der Waals surface area contributed by atoms with Crippen LogP contribution in [0.2, 0.25) is 5.28 Å². The van der Waals surface area contributed by atoms with E-state index in [2.05, 4.69) is 73.4 Å². The topological polar surface area (TPSA) is 368 Å². The van der Waals surface area contributed by atoms with E-state index in [-0.39, 0.29) is 49.4 Å². The number of benzene rings is 3. The Balaban J connectivity index is 1.17. The summed E-state index contributed by atoms with van der Waals surface area (Å²) in [7, 11) is 0. The first-order chi connectivity index (χ1) is 36.8. The van der Waals surface area contributed by atoms with E-state index in [9.17, 15) is 47.9 Å². The van der Waals surface area contributed by atoms with Crippen LogP contribution >= 0.6 is 11.6 Å². The highest BCUT2D eigenvalue weighted by molar-refractivity contribution is 6.28. The molecule has 77 heavy (non-hydrogen) atoms. The van der Waals surface area contributed by atoms with Crippen molar-refractivity contribution < 1.29 is 47.9 Å². The van der Waals surface area contributed by atoms with E-state index >= 15 is 0 Å². The number of amides is 10. The van der Waals surface area contributed by atoms with Gasteiger partial charge in [-0.2, -0.15) is 15.0 Å². The van der Waals surface area contributed by atoms with Crippen molar-refractivity contribution in [1.29, 1.82) is 0 Å². The van der Waals surface area contributed by atoms with Crippen molar-refractivity contribution in [3.8, 4) is 0 Å². The highest BCUT2D eigenvalue weighted by Crippen LogP contribution is 2.12. The van der Waals surface area contributed by atoms with E-state index in [1.54, 1.807) is 91.0 Å². The zero-order chi connectivity index (χ0) is 55.9. The highest BCUT2D eigenvalue weighted by atomic mass is 35.5. The Morgan fingerprint density at radius 1 is 0.597 bits per heavy atom. The minimum absolute atomic E-state index is 0.0206. The summed E-state index contributed by atoms with van der Waals surface area (Å²) in [5.74, 6) is -7.11. The van der Waals surface area contributed by atoms with Crippen LogP contribution in [-0.2, 0) is 67.2 Å². The number of hydrogen-bond acceptors (Lipinski definition) is 15. The average Bonchev–Trinajstić information content (AvgIpc) is 3.40. The second kappa shape index (κ2) is 30.0. The molecule has 4 aromatic rings. The minimum Gasteiger partial charge on any atom is -0.368 e. The van der Waals surface area contributed by atoms with Gasteiger partial charge in [0.15, 0.2) is 0 Å². The van der Waals surface area contributed by atoms with E-state index in [0.717, 1.165) is 5.56 Å². The summed E-state index contributed by atoms with van der Waals surface area (Å²) in [6, 6.07) is 18.1. The fourth-order valence-corrected chi connectivity index (χ4v) is 7.78. The SMILES string of the molecule is C[C@H](NC(=O)CNC(=O)[C@H](Cc1ccccc1)NC(=O)[C@H](C)NC(=O)CNC(=O)[C@H](Cc1ccccc1)NC(=O)[C@@H]1CCCCNc2nc(Cl)nc(n2)NCC(=O)N[C@@H](C)C(=O)N1)C(=O)N[C@@H](Cc1ccccc1)C(N)=O. The van der Waals surface area contributed by atoms with Gasteiger partial charge in [-0.05, 0) is 68.3 Å². The molecule has 13 N–H and O–H groups in total. The first kappa shape index (κ1) is 59.1. The normalized spacial score (nSPS) is 16.7. The largest absolute Gasteiger partial charge is 0.368 e. The number of nitrogens with two attached hydrogens (primary N) is 1. The van der Waals surface area contributed by atoms with Gasteiger partial charge in [-0.25, -0.2) is 0 Å². The zero-order valence-corrected chi connectivity index (χ0v) is 43.4. The lowest BCUT2D eigenvalue weighted by Gasteiger charge is -2.25. The minimum atomic E-state index is -1.26. The zero-order valence-electron chi connectivity index (χ0n) is 42.7. The number of carbonyl (C=O) groups excluding carboxylic acids is 10. The molecule has 0 spiro atoms. The number of rotatable bonds is 21. The molecule has 5 rings (SSSR count). The predicted octanol–water partition coefficient (Wildman–Crippen LogP) is -1.57. The van der Waals surface area contributed by atoms with Crippen molar-refractivity contribution in [1.82, 2.24) is 62.8 Å². The molecule has 7 atom stereocenters. The number of carbonyl (C=O) groups is 10. The fraction of sp³-hybridized carbons (Fsp3) is 0.392. The molecule has 410 valence electrons. The summed E-state index contributed by atoms with van der Waals surface area (Å²) in [6.45, 7) is 2.97. The molecule has 2 heterocycles. The van der Waals surface area contributed by atoms with Gasteiger partial charge in [0.2, 0.25) is 76.3 Å². The number of nitrogens with one attached hydrogen (secondary N) is 11. The van der Waals surface area contributed by atoms with Crippen LogP contribution < -0.4 is 64.2 Å². The van der Waals surface area contributed by atoms with E-state index in [1.165, 1.54) is 20.8 Å². The van der Waals surface area contributed by atoms with Crippen LogP contribution in [0.5, 0.6) is 0 Å². The maximum atomic E-state index is 14.0. The van der Waals surface area contributed by atoms with Gasteiger partial charge in [0, 0.05) is 25.8 Å². The van der Waals surface area contributed by atoms with Crippen molar-refractivity contribution in [2.24, 2.45) is 5.73 Å². The smallest absolute Gasteiger partial charge is 0.243 e. The number of hydrogen-bond donors (Lipinski definition) is 12. The molecule has 2 bridgehead atoms. The molecule has 0 aliphatic carbocycles. The third-order valence-corrected chi connectivity index (χ3v) is 12.0. The summed E-state index contributed by atoms with van der Waals surface area (Å²) in [6.07, 6.45) is 1.08. The third kappa shape index (κ3) is 20.5. The number of aromatic nitrogens is 3. The van der Waals surface area contributed by atoms with E-state index in [0.29, 0.717) is 30.5 Å². The maximum absolute atomic E-state index is 14.0. The molecule has 3 aromatic carbocycles. The monoisotopic (exact) mass is 1080 g/mol. The molecule has 0 radical (unpaired) electrons. The maximum Gasteiger partial charge on any atom is 0.243 e. The quantitative estimate of drug-likeness (QED) is 0.0449. The van der Waals surface area contributed by atoms with Crippen LogP contribution in [0.4, 0.5) is 11.9 Å². The second-order valence-corrected chi connectivity index (χ2v) is 18.4. The van der Waals surface area contributed by atoms with Gasteiger partial charge in [0.1, 0.15) is 42.3 Å². The molecule has 1 aliphatic heterocycles. The van der Waals surface area contributed by atoms with E-state index in [4.69, 9.17) is 17.3 Å².